The van der Waals surface area contributed by atoms with Crippen molar-refractivity contribution < 1.29 is 0 Å². The second-order valence-corrected chi connectivity index (χ2v) is 5.08. The highest BCUT2D eigenvalue weighted by Crippen LogP contribution is 2.40. The van der Waals surface area contributed by atoms with Gasteiger partial charge in [-0.3, -0.25) is 0 Å². The van der Waals surface area contributed by atoms with Gasteiger partial charge in [-0.1, -0.05) is 13.8 Å². The molecule has 1 fully saturated rings. The van der Waals surface area contributed by atoms with Crippen LogP contribution in [0, 0.1) is 0 Å². The molecule has 0 saturated heterocycles. The topological polar surface area (TPSA) is 37.8 Å². The van der Waals surface area contributed by atoms with E-state index in [0.29, 0.717) is 6.04 Å². The van der Waals surface area contributed by atoms with Gasteiger partial charge < -0.3 is 5.32 Å². The molecule has 1 heterocycles. The van der Waals surface area contributed by atoms with Crippen molar-refractivity contribution >= 4 is 0 Å². The normalized spacial score (nSPS) is 29.5. The maximum Gasteiger partial charge on any atom is 0.115 e. The molecule has 1 aromatic heterocycles. The summed E-state index contributed by atoms with van der Waals surface area (Å²) in [5.41, 5.74) is 1.56. The van der Waals surface area contributed by atoms with Gasteiger partial charge in [-0.05, 0) is 43.2 Å². The lowest BCUT2D eigenvalue weighted by Crippen LogP contribution is -2.29. The lowest BCUT2D eigenvalue weighted by Gasteiger charge is -2.24. The molecular weight excluding hydrogens is 198 g/mol. The van der Waals surface area contributed by atoms with Crippen LogP contribution in [0.15, 0.2) is 18.7 Å². The summed E-state index contributed by atoms with van der Waals surface area (Å²) in [7, 11) is 0. The minimum atomic E-state index is 0.271. The molecule has 2 unspecified atom stereocenters. The Bertz CT molecular complexity index is 325. The Hall–Kier alpha value is -0.960. The summed E-state index contributed by atoms with van der Waals surface area (Å²) in [6, 6.07) is 0.671. The van der Waals surface area contributed by atoms with E-state index in [0.717, 1.165) is 6.54 Å². The third kappa shape index (κ3) is 2.40. The fourth-order valence-corrected chi connectivity index (χ4v) is 2.64. The molecular formula is C13H21N3. The van der Waals surface area contributed by atoms with Crippen molar-refractivity contribution in [2.75, 3.05) is 6.54 Å². The summed E-state index contributed by atoms with van der Waals surface area (Å²) in [5.74, 6) is 0. The third-order valence-electron chi connectivity index (χ3n) is 3.68. The predicted octanol–water partition coefficient (Wildman–Crippen LogP) is 2.29. The van der Waals surface area contributed by atoms with Gasteiger partial charge >= 0.3 is 0 Å². The molecule has 2 atom stereocenters. The molecule has 0 radical (unpaired) electrons. The first-order valence-corrected chi connectivity index (χ1v) is 6.23. The number of hydrogen-bond acceptors (Lipinski definition) is 3. The second kappa shape index (κ2) is 4.91. The van der Waals surface area contributed by atoms with Crippen LogP contribution in [0.4, 0.5) is 0 Å². The van der Waals surface area contributed by atoms with Crippen molar-refractivity contribution in [3.05, 3.63) is 24.3 Å². The summed E-state index contributed by atoms with van der Waals surface area (Å²) in [6.45, 7) is 5.68. The monoisotopic (exact) mass is 219 g/mol. The highest BCUT2D eigenvalue weighted by molar-refractivity contribution is 5.20. The zero-order valence-electron chi connectivity index (χ0n) is 10.2. The van der Waals surface area contributed by atoms with Crippen LogP contribution >= 0.6 is 0 Å². The van der Waals surface area contributed by atoms with Crippen LogP contribution in [0.2, 0.25) is 0 Å². The molecule has 88 valence electrons. The molecule has 1 aromatic rings. The van der Waals surface area contributed by atoms with E-state index in [1.807, 2.05) is 12.4 Å². The maximum atomic E-state index is 4.13. The highest BCUT2D eigenvalue weighted by Gasteiger charge is 2.36. The summed E-state index contributed by atoms with van der Waals surface area (Å²) in [4.78, 5) is 8.26. The molecule has 16 heavy (non-hydrogen) atoms. The van der Waals surface area contributed by atoms with Crippen LogP contribution in [-0.4, -0.2) is 22.6 Å². The molecule has 1 aliphatic rings. The lowest BCUT2D eigenvalue weighted by molar-refractivity contribution is 0.450. The first kappa shape index (κ1) is 11.5. The van der Waals surface area contributed by atoms with Gasteiger partial charge in [0.2, 0.25) is 0 Å². The van der Waals surface area contributed by atoms with Crippen LogP contribution in [0.3, 0.4) is 0 Å². The van der Waals surface area contributed by atoms with Gasteiger partial charge in [-0.15, -0.1) is 0 Å². The largest absolute Gasteiger partial charge is 0.314 e. The summed E-state index contributed by atoms with van der Waals surface area (Å²) < 4.78 is 0. The van der Waals surface area contributed by atoms with E-state index < -0.39 is 0 Å². The van der Waals surface area contributed by atoms with Gasteiger partial charge in [0.15, 0.2) is 0 Å². The third-order valence-corrected chi connectivity index (χ3v) is 3.68. The van der Waals surface area contributed by atoms with Crippen molar-refractivity contribution in [2.24, 2.45) is 0 Å². The standard InChI is InChI=1S/C13H21N3/c1-3-6-16-12-4-5-13(2,7-12)11-8-14-10-15-9-11/h8-10,12,16H,3-7H2,1-2H3. The number of nitrogens with zero attached hydrogens (tertiary/aromatic N) is 2. The van der Waals surface area contributed by atoms with Crippen LogP contribution in [0.5, 0.6) is 0 Å². The quantitative estimate of drug-likeness (QED) is 0.844. The highest BCUT2D eigenvalue weighted by atomic mass is 14.9. The van der Waals surface area contributed by atoms with E-state index in [-0.39, 0.29) is 5.41 Å². The van der Waals surface area contributed by atoms with Crippen molar-refractivity contribution in [1.29, 1.82) is 0 Å². The molecule has 1 saturated carbocycles. The van der Waals surface area contributed by atoms with Crippen molar-refractivity contribution in [3.63, 3.8) is 0 Å². The Morgan fingerprint density at radius 1 is 1.44 bits per heavy atom. The first-order chi connectivity index (χ1) is 7.74. The van der Waals surface area contributed by atoms with E-state index in [1.54, 1.807) is 6.33 Å². The average Bonchev–Trinajstić information content (AvgIpc) is 2.71. The summed E-state index contributed by atoms with van der Waals surface area (Å²) in [6.07, 6.45) is 10.5. The predicted molar refractivity (Wildman–Crippen MR) is 65.3 cm³/mol. The Morgan fingerprint density at radius 3 is 2.88 bits per heavy atom. The van der Waals surface area contributed by atoms with Gasteiger partial charge in [0.05, 0.1) is 0 Å². The van der Waals surface area contributed by atoms with E-state index in [2.05, 4.69) is 29.1 Å². The Labute approximate surface area is 97.7 Å². The van der Waals surface area contributed by atoms with Crippen LogP contribution in [0.1, 0.15) is 45.1 Å². The van der Waals surface area contributed by atoms with Gasteiger partial charge in [-0.25, -0.2) is 9.97 Å². The van der Waals surface area contributed by atoms with Gasteiger partial charge in [0.25, 0.3) is 0 Å². The lowest BCUT2D eigenvalue weighted by atomic mass is 9.82. The van der Waals surface area contributed by atoms with Crippen molar-refractivity contribution in [2.45, 2.75) is 51.0 Å². The van der Waals surface area contributed by atoms with Gasteiger partial charge in [0.1, 0.15) is 6.33 Å². The Morgan fingerprint density at radius 2 is 2.19 bits per heavy atom. The zero-order chi connectivity index (χ0) is 11.4. The Kier molecular flexibility index (Phi) is 3.54. The molecule has 1 N–H and O–H groups in total. The van der Waals surface area contributed by atoms with Gasteiger partial charge in [-0.2, -0.15) is 0 Å². The molecule has 0 aliphatic heterocycles. The molecule has 1 aliphatic carbocycles. The Balaban J connectivity index is 2.01. The number of aromatic nitrogens is 2. The van der Waals surface area contributed by atoms with E-state index in [1.165, 1.54) is 31.2 Å². The van der Waals surface area contributed by atoms with Crippen LogP contribution in [0.25, 0.3) is 0 Å². The number of rotatable bonds is 4. The number of hydrogen-bond donors (Lipinski definition) is 1. The zero-order valence-corrected chi connectivity index (χ0v) is 10.2. The minimum Gasteiger partial charge on any atom is -0.314 e. The van der Waals surface area contributed by atoms with Gasteiger partial charge in [0, 0.05) is 18.4 Å². The van der Waals surface area contributed by atoms with E-state index in [4.69, 9.17) is 0 Å². The fraction of sp³-hybridized carbons (Fsp3) is 0.692. The maximum absolute atomic E-state index is 4.13. The molecule has 3 nitrogen and oxygen atoms in total. The van der Waals surface area contributed by atoms with E-state index in [9.17, 15) is 0 Å². The fourth-order valence-electron chi connectivity index (χ4n) is 2.64. The molecule has 0 spiro atoms. The molecule has 0 bridgehead atoms. The molecule has 0 aromatic carbocycles. The SMILES string of the molecule is CCCNC1CCC(C)(c2cncnc2)C1. The molecule has 0 amide bonds. The number of nitrogens with one attached hydrogen (secondary N) is 1. The van der Waals surface area contributed by atoms with Crippen LogP contribution in [-0.2, 0) is 5.41 Å². The first-order valence-electron chi connectivity index (χ1n) is 6.23. The molecule has 3 heteroatoms. The van der Waals surface area contributed by atoms with Crippen LogP contribution < -0.4 is 5.32 Å². The van der Waals surface area contributed by atoms with Crippen molar-refractivity contribution in [1.82, 2.24) is 15.3 Å². The minimum absolute atomic E-state index is 0.271. The summed E-state index contributed by atoms with van der Waals surface area (Å²) in [5, 5.41) is 3.62. The second-order valence-electron chi connectivity index (χ2n) is 5.08. The average molecular weight is 219 g/mol. The smallest absolute Gasteiger partial charge is 0.115 e. The summed E-state index contributed by atoms with van der Waals surface area (Å²) >= 11 is 0. The van der Waals surface area contributed by atoms with E-state index >= 15 is 0 Å². The molecule has 2 rings (SSSR count). The van der Waals surface area contributed by atoms with Crippen molar-refractivity contribution in [3.8, 4) is 0 Å².